The van der Waals surface area contributed by atoms with Crippen molar-refractivity contribution < 1.29 is 25.2 Å². The zero-order valence-corrected chi connectivity index (χ0v) is 39.3. The topological polar surface area (TPSA) is 110 Å². The van der Waals surface area contributed by atoms with Crippen LogP contribution in [-0.2, 0) is 4.79 Å². The predicted molar refractivity (Wildman–Crippen MR) is 256 cm³/mol. The predicted octanol–water partition coefficient (Wildman–Crippen LogP) is 14.5. The van der Waals surface area contributed by atoms with E-state index < -0.39 is 36.9 Å². The van der Waals surface area contributed by atoms with E-state index in [9.17, 15) is 25.2 Å². The van der Waals surface area contributed by atoms with Crippen molar-refractivity contribution in [2.45, 2.75) is 289 Å². The van der Waals surface area contributed by atoms with Crippen LogP contribution in [0, 0.1) is 0 Å². The van der Waals surface area contributed by atoms with E-state index in [0.717, 1.165) is 51.4 Å². The van der Waals surface area contributed by atoms with Gasteiger partial charge in [0.25, 0.3) is 0 Å². The van der Waals surface area contributed by atoms with E-state index in [0.29, 0.717) is 19.3 Å². The second kappa shape index (κ2) is 47.6. The Labute approximate surface area is 367 Å². The molecule has 0 spiro atoms. The maximum Gasteiger partial charge on any atom is 0.249 e. The second-order valence-corrected chi connectivity index (χ2v) is 17.8. The Morgan fingerprint density at radius 1 is 0.407 bits per heavy atom. The molecule has 348 valence electrons. The van der Waals surface area contributed by atoms with Gasteiger partial charge in [-0.05, 0) is 77.0 Å². The first-order valence-electron chi connectivity index (χ1n) is 25.9. The number of carbonyl (C=O) groups is 1. The fraction of sp³-hybridized carbons (Fsp3) is 0.868. The molecule has 0 aromatic carbocycles. The number of carbonyl (C=O) groups excluding carboxylic acids is 1. The van der Waals surface area contributed by atoms with Crippen LogP contribution < -0.4 is 5.32 Å². The normalized spacial score (nSPS) is 14.2. The van der Waals surface area contributed by atoms with Crippen molar-refractivity contribution in [3.63, 3.8) is 0 Å². The van der Waals surface area contributed by atoms with E-state index in [-0.39, 0.29) is 0 Å². The van der Waals surface area contributed by atoms with Gasteiger partial charge in [0.15, 0.2) is 0 Å². The Kier molecular flexibility index (Phi) is 46.4. The minimum Gasteiger partial charge on any atom is -0.394 e. The number of aliphatic hydroxyl groups is 4. The number of hydrogen-bond donors (Lipinski definition) is 5. The summed E-state index contributed by atoms with van der Waals surface area (Å²) in [5, 5.41) is 43.8. The maximum atomic E-state index is 12.5. The van der Waals surface area contributed by atoms with Crippen LogP contribution in [0.2, 0.25) is 0 Å². The lowest BCUT2D eigenvalue weighted by molar-refractivity contribution is -0.132. The van der Waals surface area contributed by atoms with Gasteiger partial charge in [0.2, 0.25) is 5.91 Å². The van der Waals surface area contributed by atoms with Crippen LogP contribution in [0.1, 0.15) is 264 Å². The van der Waals surface area contributed by atoms with Gasteiger partial charge in [-0.25, -0.2) is 0 Å². The molecule has 6 nitrogen and oxygen atoms in total. The summed E-state index contributed by atoms with van der Waals surface area (Å²) >= 11 is 0. The molecule has 0 fully saturated rings. The molecular weight excluding hydrogens is 731 g/mol. The molecule has 0 bridgehead atoms. The number of aliphatic hydroxyl groups excluding tert-OH is 4. The van der Waals surface area contributed by atoms with Gasteiger partial charge in [-0.1, -0.05) is 224 Å². The molecular formula is C53H101NO5. The number of hydrogen-bond acceptors (Lipinski definition) is 5. The summed E-state index contributed by atoms with van der Waals surface area (Å²) in [4.78, 5) is 12.5. The minimum atomic E-state index is -1.29. The number of rotatable bonds is 47. The molecule has 6 heteroatoms. The fourth-order valence-electron chi connectivity index (χ4n) is 7.95. The van der Waals surface area contributed by atoms with Crippen LogP contribution in [0.3, 0.4) is 0 Å². The molecule has 5 N–H and O–H groups in total. The molecule has 59 heavy (non-hydrogen) atoms. The second-order valence-electron chi connectivity index (χ2n) is 17.8. The van der Waals surface area contributed by atoms with Crippen LogP contribution in [0.5, 0.6) is 0 Å². The third kappa shape index (κ3) is 41.6. The van der Waals surface area contributed by atoms with Crippen molar-refractivity contribution in [2.24, 2.45) is 0 Å². The molecule has 0 aliphatic carbocycles. The number of unbranched alkanes of at least 4 members (excludes halogenated alkanes) is 32. The highest BCUT2D eigenvalue weighted by Gasteiger charge is 2.28. The Balaban J connectivity index is 3.71. The number of allylic oxidation sites excluding steroid dienone is 6. The van der Waals surface area contributed by atoms with Crippen molar-refractivity contribution in [3.8, 4) is 0 Å². The Bertz CT molecular complexity index is 935. The first-order valence-corrected chi connectivity index (χ1v) is 25.9. The first kappa shape index (κ1) is 57.5. The fourth-order valence-corrected chi connectivity index (χ4v) is 7.95. The van der Waals surface area contributed by atoms with Gasteiger partial charge in [-0.15, -0.1) is 0 Å². The lowest BCUT2D eigenvalue weighted by Gasteiger charge is -2.27. The average Bonchev–Trinajstić information content (AvgIpc) is 3.24. The molecule has 0 aliphatic rings. The van der Waals surface area contributed by atoms with E-state index in [2.05, 4.69) is 55.6 Å². The summed E-state index contributed by atoms with van der Waals surface area (Å²) in [6.45, 7) is 4.04. The molecule has 0 radical (unpaired) electrons. The summed E-state index contributed by atoms with van der Waals surface area (Å²) in [6.07, 6.45) is 57.8. The van der Waals surface area contributed by atoms with Gasteiger partial charge in [-0.3, -0.25) is 4.79 Å². The minimum absolute atomic E-state index is 0.346. The van der Waals surface area contributed by atoms with Crippen molar-refractivity contribution in [2.75, 3.05) is 6.61 Å². The zero-order chi connectivity index (χ0) is 43.1. The van der Waals surface area contributed by atoms with Crippen molar-refractivity contribution in [1.29, 1.82) is 0 Å². The van der Waals surface area contributed by atoms with E-state index in [1.807, 2.05) is 0 Å². The zero-order valence-electron chi connectivity index (χ0n) is 39.3. The van der Waals surface area contributed by atoms with Gasteiger partial charge in [0, 0.05) is 0 Å². The Morgan fingerprint density at radius 2 is 0.712 bits per heavy atom. The van der Waals surface area contributed by atoms with E-state index in [1.54, 1.807) is 0 Å². The van der Waals surface area contributed by atoms with E-state index in [4.69, 9.17) is 0 Å². The molecule has 0 saturated carbocycles. The van der Waals surface area contributed by atoms with Crippen molar-refractivity contribution in [1.82, 2.24) is 5.32 Å². The molecule has 0 aliphatic heterocycles. The van der Waals surface area contributed by atoms with Gasteiger partial charge < -0.3 is 25.7 Å². The monoisotopic (exact) mass is 832 g/mol. The molecule has 0 aromatic heterocycles. The first-order chi connectivity index (χ1) is 29.0. The number of amides is 1. The highest BCUT2D eigenvalue weighted by molar-refractivity contribution is 5.80. The maximum absolute atomic E-state index is 12.5. The molecule has 4 unspecified atom stereocenters. The Hall–Kier alpha value is -1.47. The number of nitrogens with one attached hydrogen (secondary N) is 1. The van der Waals surface area contributed by atoms with Gasteiger partial charge in [-0.2, -0.15) is 0 Å². The van der Waals surface area contributed by atoms with Crippen molar-refractivity contribution >= 4 is 5.91 Å². The van der Waals surface area contributed by atoms with E-state index >= 15 is 0 Å². The third-order valence-electron chi connectivity index (χ3n) is 12.1. The highest BCUT2D eigenvalue weighted by Crippen LogP contribution is 2.16. The summed E-state index contributed by atoms with van der Waals surface area (Å²) in [5.74, 6) is -0.605. The van der Waals surface area contributed by atoms with Crippen LogP contribution in [0.15, 0.2) is 36.5 Å². The largest absolute Gasteiger partial charge is 0.394 e. The van der Waals surface area contributed by atoms with Crippen LogP contribution in [0.4, 0.5) is 0 Å². The molecule has 0 aromatic rings. The summed E-state index contributed by atoms with van der Waals surface area (Å²) in [6, 6.07) is -1.01. The molecule has 0 saturated heterocycles. The molecule has 0 heterocycles. The Morgan fingerprint density at radius 3 is 1.07 bits per heavy atom. The van der Waals surface area contributed by atoms with Crippen LogP contribution >= 0.6 is 0 Å². The smallest absolute Gasteiger partial charge is 0.249 e. The van der Waals surface area contributed by atoms with E-state index in [1.165, 1.54) is 180 Å². The summed E-state index contributed by atoms with van der Waals surface area (Å²) in [7, 11) is 0. The van der Waals surface area contributed by atoms with Crippen molar-refractivity contribution in [3.05, 3.63) is 36.5 Å². The summed E-state index contributed by atoms with van der Waals surface area (Å²) in [5.41, 5.74) is 0. The lowest BCUT2D eigenvalue weighted by atomic mass is 10.00. The van der Waals surface area contributed by atoms with Gasteiger partial charge in [0.1, 0.15) is 12.2 Å². The highest BCUT2D eigenvalue weighted by atomic mass is 16.3. The van der Waals surface area contributed by atoms with Crippen LogP contribution in [-0.4, -0.2) is 57.3 Å². The SMILES string of the molecule is CCCCCCCCC/C=C\CCCCCCC(O)C(=O)NC(CO)C(O)C(O)CCC/C=C/CC/C=C/CCCCCCCCCCCCCCCCCCCCC. The lowest BCUT2D eigenvalue weighted by Crippen LogP contribution is -2.53. The third-order valence-corrected chi connectivity index (χ3v) is 12.1. The van der Waals surface area contributed by atoms with Crippen LogP contribution in [0.25, 0.3) is 0 Å². The molecule has 4 atom stereocenters. The van der Waals surface area contributed by atoms with Gasteiger partial charge >= 0.3 is 0 Å². The quantitative estimate of drug-likeness (QED) is 0.0310. The van der Waals surface area contributed by atoms with Gasteiger partial charge in [0.05, 0.1) is 18.8 Å². The average molecular weight is 832 g/mol. The standard InChI is InChI=1S/C53H101NO5/c1-3-5-7-9-11-13-15-17-19-20-21-22-23-24-25-26-27-28-29-30-31-33-34-36-38-40-42-44-46-50(56)52(58)49(48-55)54-53(59)51(57)47-45-43-41-39-37-35-32-18-16-14-12-10-8-6-4-2/h31-33,35,38,40,49-52,55-58H,3-30,34,36-37,39,41-48H2,1-2H3,(H,54,59)/b33-31+,35-32-,40-38+. The summed E-state index contributed by atoms with van der Waals surface area (Å²) < 4.78 is 0. The molecule has 1 amide bonds. The molecule has 0 rings (SSSR count).